The summed E-state index contributed by atoms with van der Waals surface area (Å²) in [5.74, 6) is -0.801. The molecule has 0 amide bonds. The highest BCUT2D eigenvalue weighted by Gasteiger charge is 2.29. The first-order valence-electron chi connectivity index (χ1n) is 5.65. The molecule has 2 aromatic carbocycles. The Hall–Kier alpha value is -1.83. The second-order valence-corrected chi connectivity index (χ2v) is 5.00. The van der Waals surface area contributed by atoms with Gasteiger partial charge in [-0.2, -0.15) is 0 Å². The molecule has 2 heteroatoms. The van der Waals surface area contributed by atoms with Crippen molar-refractivity contribution in [1.29, 1.82) is 0 Å². The second-order valence-electron chi connectivity index (χ2n) is 5.00. The Kier molecular flexibility index (Phi) is 2.66. The summed E-state index contributed by atoms with van der Waals surface area (Å²) in [5.41, 5.74) is 1.17. The van der Waals surface area contributed by atoms with Gasteiger partial charge in [0.2, 0.25) is 0 Å². The standard InChI is InChI=1S/C15H16O2/c1-10-4-5-11-6-7-13(9-12(11)8-10)15(2,3)14(16)17/h4-9H,1-3H3,(H,16,17). The Balaban J connectivity index is 2.62. The Labute approximate surface area is 101 Å². The van der Waals surface area contributed by atoms with E-state index < -0.39 is 11.4 Å². The highest BCUT2D eigenvalue weighted by atomic mass is 16.4. The van der Waals surface area contributed by atoms with E-state index in [4.69, 9.17) is 0 Å². The van der Waals surface area contributed by atoms with E-state index in [1.807, 2.05) is 25.1 Å². The summed E-state index contributed by atoms with van der Waals surface area (Å²) < 4.78 is 0. The lowest BCUT2D eigenvalue weighted by atomic mass is 9.84. The summed E-state index contributed by atoms with van der Waals surface area (Å²) >= 11 is 0. The molecule has 0 saturated heterocycles. The first kappa shape index (κ1) is 11.6. The molecule has 0 radical (unpaired) electrons. The third-order valence-corrected chi connectivity index (χ3v) is 3.25. The zero-order valence-electron chi connectivity index (χ0n) is 10.3. The predicted molar refractivity (Wildman–Crippen MR) is 69.3 cm³/mol. The van der Waals surface area contributed by atoms with E-state index in [0.717, 1.165) is 16.3 Å². The van der Waals surface area contributed by atoms with Crippen LogP contribution in [-0.4, -0.2) is 11.1 Å². The van der Waals surface area contributed by atoms with Crippen molar-refractivity contribution in [3.63, 3.8) is 0 Å². The van der Waals surface area contributed by atoms with Crippen LogP contribution >= 0.6 is 0 Å². The molecule has 0 atom stereocenters. The molecular formula is C15H16O2. The van der Waals surface area contributed by atoms with Gasteiger partial charge in [0.25, 0.3) is 0 Å². The Morgan fingerprint density at radius 1 is 1.06 bits per heavy atom. The van der Waals surface area contributed by atoms with E-state index in [1.54, 1.807) is 13.8 Å². The normalized spacial score (nSPS) is 11.7. The van der Waals surface area contributed by atoms with Crippen LogP contribution in [0.15, 0.2) is 36.4 Å². The van der Waals surface area contributed by atoms with Gasteiger partial charge >= 0.3 is 5.97 Å². The Morgan fingerprint density at radius 2 is 1.71 bits per heavy atom. The van der Waals surface area contributed by atoms with Crippen LogP contribution in [0.5, 0.6) is 0 Å². The fourth-order valence-electron chi connectivity index (χ4n) is 1.88. The fraction of sp³-hybridized carbons (Fsp3) is 0.267. The molecular weight excluding hydrogens is 212 g/mol. The molecule has 1 N–H and O–H groups in total. The van der Waals surface area contributed by atoms with Crippen LogP contribution < -0.4 is 0 Å². The summed E-state index contributed by atoms with van der Waals surface area (Å²) in [6.07, 6.45) is 0. The van der Waals surface area contributed by atoms with Crippen molar-refractivity contribution in [3.05, 3.63) is 47.5 Å². The monoisotopic (exact) mass is 228 g/mol. The number of benzene rings is 2. The molecule has 0 aromatic heterocycles. The van der Waals surface area contributed by atoms with Crippen LogP contribution in [0.4, 0.5) is 0 Å². The smallest absolute Gasteiger partial charge is 0.313 e. The number of rotatable bonds is 2. The Bertz CT molecular complexity index is 582. The van der Waals surface area contributed by atoms with E-state index in [2.05, 4.69) is 18.2 Å². The van der Waals surface area contributed by atoms with Gasteiger partial charge in [0.1, 0.15) is 0 Å². The van der Waals surface area contributed by atoms with Crippen LogP contribution in [0.2, 0.25) is 0 Å². The van der Waals surface area contributed by atoms with Gasteiger partial charge < -0.3 is 5.11 Å². The van der Waals surface area contributed by atoms with Crippen molar-refractivity contribution in [2.75, 3.05) is 0 Å². The molecule has 2 rings (SSSR count). The van der Waals surface area contributed by atoms with E-state index in [9.17, 15) is 9.90 Å². The lowest BCUT2D eigenvalue weighted by Crippen LogP contribution is -2.28. The van der Waals surface area contributed by atoms with Gasteiger partial charge in [0, 0.05) is 0 Å². The van der Waals surface area contributed by atoms with Gasteiger partial charge in [0.15, 0.2) is 0 Å². The molecule has 2 aromatic rings. The van der Waals surface area contributed by atoms with Crippen molar-refractivity contribution in [3.8, 4) is 0 Å². The van der Waals surface area contributed by atoms with Crippen LogP contribution in [-0.2, 0) is 10.2 Å². The molecule has 88 valence electrons. The minimum atomic E-state index is -0.849. The molecule has 0 spiro atoms. The summed E-state index contributed by atoms with van der Waals surface area (Å²) in [6.45, 7) is 5.49. The largest absolute Gasteiger partial charge is 0.481 e. The van der Waals surface area contributed by atoms with Crippen molar-refractivity contribution in [2.24, 2.45) is 0 Å². The van der Waals surface area contributed by atoms with Crippen LogP contribution in [0.3, 0.4) is 0 Å². The highest BCUT2D eigenvalue weighted by Crippen LogP contribution is 2.27. The minimum absolute atomic E-state index is 0.801. The number of fused-ring (bicyclic) bond motifs is 1. The van der Waals surface area contributed by atoms with Crippen molar-refractivity contribution in [2.45, 2.75) is 26.2 Å². The highest BCUT2D eigenvalue weighted by molar-refractivity contribution is 5.87. The van der Waals surface area contributed by atoms with Gasteiger partial charge in [-0.15, -0.1) is 0 Å². The Morgan fingerprint density at radius 3 is 2.35 bits per heavy atom. The third-order valence-electron chi connectivity index (χ3n) is 3.25. The van der Waals surface area contributed by atoms with Crippen molar-refractivity contribution >= 4 is 16.7 Å². The van der Waals surface area contributed by atoms with E-state index >= 15 is 0 Å². The van der Waals surface area contributed by atoms with Gasteiger partial charge in [-0.1, -0.05) is 42.0 Å². The van der Waals surface area contributed by atoms with Gasteiger partial charge in [-0.05, 0) is 37.1 Å². The van der Waals surface area contributed by atoms with E-state index in [-0.39, 0.29) is 0 Å². The first-order valence-corrected chi connectivity index (χ1v) is 5.65. The molecule has 0 unspecified atom stereocenters. The molecule has 0 heterocycles. The average Bonchev–Trinajstić information content (AvgIpc) is 2.27. The summed E-state index contributed by atoms with van der Waals surface area (Å²) in [4.78, 5) is 11.2. The van der Waals surface area contributed by atoms with E-state index in [1.165, 1.54) is 5.56 Å². The molecule has 0 saturated carbocycles. The molecule has 0 aliphatic rings. The van der Waals surface area contributed by atoms with Crippen LogP contribution in [0, 0.1) is 6.92 Å². The maximum atomic E-state index is 11.2. The number of carboxylic acids is 1. The number of carboxylic acid groups (broad SMARTS) is 1. The summed E-state index contributed by atoms with van der Waals surface area (Å²) in [5, 5.41) is 11.5. The summed E-state index contributed by atoms with van der Waals surface area (Å²) in [6, 6.07) is 12.0. The first-order chi connectivity index (χ1) is 7.91. The zero-order chi connectivity index (χ0) is 12.6. The van der Waals surface area contributed by atoms with Crippen molar-refractivity contribution < 1.29 is 9.90 Å². The molecule has 0 fully saturated rings. The second kappa shape index (κ2) is 3.88. The quantitative estimate of drug-likeness (QED) is 0.854. The maximum Gasteiger partial charge on any atom is 0.313 e. The topological polar surface area (TPSA) is 37.3 Å². The number of aliphatic carboxylic acids is 1. The van der Waals surface area contributed by atoms with E-state index in [0.29, 0.717) is 0 Å². The lowest BCUT2D eigenvalue weighted by molar-refractivity contribution is -0.142. The average molecular weight is 228 g/mol. The van der Waals surface area contributed by atoms with Crippen molar-refractivity contribution in [1.82, 2.24) is 0 Å². The number of aryl methyl sites for hydroxylation is 1. The minimum Gasteiger partial charge on any atom is -0.481 e. The number of hydrogen-bond acceptors (Lipinski definition) is 1. The van der Waals surface area contributed by atoms with Crippen LogP contribution in [0.25, 0.3) is 10.8 Å². The van der Waals surface area contributed by atoms with Gasteiger partial charge in [0.05, 0.1) is 5.41 Å². The molecule has 0 bridgehead atoms. The molecule has 2 nitrogen and oxygen atoms in total. The number of carbonyl (C=O) groups is 1. The SMILES string of the molecule is Cc1ccc2ccc(C(C)(C)C(=O)O)cc2c1. The van der Waals surface area contributed by atoms with Crippen LogP contribution in [0.1, 0.15) is 25.0 Å². The zero-order valence-corrected chi connectivity index (χ0v) is 10.3. The lowest BCUT2D eigenvalue weighted by Gasteiger charge is -2.20. The number of hydrogen-bond donors (Lipinski definition) is 1. The predicted octanol–water partition coefficient (Wildman–Crippen LogP) is 3.51. The van der Waals surface area contributed by atoms with Gasteiger partial charge in [-0.25, -0.2) is 0 Å². The maximum absolute atomic E-state index is 11.2. The molecule has 0 aliphatic heterocycles. The molecule has 0 aliphatic carbocycles. The summed E-state index contributed by atoms with van der Waals surface area (Å²) in [7, 11) is 0. The third kappa shape index (κ3) is 2.03. The fourth-order valence-corrected chi connectivity index (χ4v) is 1.88. The van der Waals surface area contributed by atoms with Gasteiger partial charge in [-0.3, -0.25) is 4.79 Å². The molecule has 17 heavy (non-hydrogen) atoms.